The van der Waals surface area contributed by atoms with Crippen LogP contribution in [0, 0.1) is 0 Å². The van der Waals surface area contributed by atoms with E-state index in [0.29, 0.717) is 11.4 Å². The number of benzene rings is 2. The molecule has 1 aliphatic heterocycles. The van der Waals surface area contributed by atoms with Crippen LogP contribution in [0.3, 0.4) is 0 Å². The number of phenols is 1. The van der Waals surface area contributed by atoms with Gasteiger partial charge in [0.1, 0.15) is 11.6 Å². The Morgan fingerprint density at radius 1 is 1.15 bits per heavy atom. The second-order valence-corrected chi connectivity index (χ2v) is 6.54. The fourth-order valence-corrected chi connectivity index (χ4v) is 3.46. The van der Waals surface area contributed by atoms with E-state index in [0.717, 1.165) is 30.6 Å². The average Bonchev–Trinajstić information content (AvgIpc) is 3.19. The second-order valence-electron chi connectivity index (χ2n) is 6.54. The van der Waals surface area contributed by atoms with Crippen molar-refractivity contribution in [2.24, 2.45) is 0 Å². The third kappa shape index (κ3) is 3.74. The second kappa shape index (κ2) is 7.45. The molecule has 0 radical (unpaired) electrons. The Morgan fingerprint density at radius 3 is 2.78 bits per heavy atom. The fourth-order valence-electron chi connectivity index (χ4n) is 3.46. The maximum atomic E-state index is 13.1. The number of carbonyl (C=O) groups excluding carboxylic acids is 1. The summed E-state index contributed by atoms with van der Waals surface area (Å²) in [6.07, 6.45) is 6.75. The van der Waals surface area contributed by atoms with E-state index in [-0.39, 0.29) is 17.7 Å². The van der Waals surface area contributed by atoms with Crippen LogP contribution < -0.4 is 5.32 Å². The molecule has 136 valence electrons. The molecule has 0 spiro atoms. The van der Waals surface area contributed by atoms with Gasteiger partial charge in [0.2, 0.25) is 0 Å². The van der Waals surface area contributed by atoms with Crippen LogP contribution >= 0.6 is 0 Å². The highest BCUT2D eigenvalue weighted by Crippen LogP contribution is 2.34. The first-order chi connectivity index (χ1) is 13.2. The Labute approximate surface area is 157 Å². The summed E-state index contributed by atoms with van der Waals surface area (Å²) in [6.45, 7) is 0.728. The van der Waals surface area contributed by atoms with E-state index in [1.54, 1.807) is 30.7 Å². The number of amides is 1. The normalized spacial score (nSPS) is 16.3. The quantitative estimate of drug-likeness (QED) is 0.738. The van der Waals surface area contributed by atoms with E-state index < -0.39 is 0 Å². The van der Waals surface area contributed by atoms with Gasteiger partial charge >= 0.3 is 0 Å². The van der Waals surface area contributed by atoms with E-state index in [1.807, 2.05) is 41.3 Å². The molecule has 2 aromatic carbocycles. The molecule has 2 heterocycles. The minimum absolute atomic E-state index is 0.00775. The van der Waals surface area contributed by atoms with E-state index in [1.165, 1.54) is 0 Å². The van der Waals surface area contributed by atoms with Crippen molar-refractivity contribution < 1.29 is 9.90 Å². The number of phenolic OH excluding ortho intramolecular Hbond substituents is 1. The summed E-state index contributed by atoms with van der Waals surface area (Å²) in [5, 5.41) is 12.7. The van der Waals surface area contributed by atoms with Crippen molar-refractivity contribution in [3.63, 3.8) is 0 Å². The minimum atomic E-state index is 0.00775. The molecule has 0 bridgehead atoms. The highest BCUT2D eigenvalue weighted by atomic mass is 16.3. The number of nitrogens with zero attached hydrogens (tertiary/aromatic N) is 3. The largest absolute Gasteiger partial charge is 0.508 e. The maximum Gasteiger partial charge on any atom is 0.254 e. The molecule has 0 saturated carbocycles. The summed E-state index contributed by atoms with van der Waals surface area (Å²) in [4.78, 5) is 23.3. The lowest BCUT2D eigenvalue weighted by molar-refractivity contribution is 0.0735. The van der Waals surface area contributed by atoms with Crippen LogP contribution in [0.15, 0.2) is 67.1 Å². The van der Waals surface area contributed by atoms with E-state index in [4.69, 9.17) is 0 Å². The highest BCUT2D eigenvalue weighted by molar-refractivity contribution is 5.95. The first-order valence-corrected chi connectivity index (χ1v) is 8.94. The summed E-state index contributed by atoms with van der Waals surface area (Å²) >= 11 is 0. The topological polar surface area (TPSA) is 78.4 Å². The summed E-state index contributed by atoms with van der Waals surface area (Å²) in [7, 11) is 0. The monoisotopic (exact) mass is 360 g/mol. The van der Waals surface area contributed by atoms with Crippen molar-refractivity contribution in [1.29, 1.82) is 0 Å². The number of anilines is 2. The Hall–Kier alpha value is -3.41. The summed E-state index contributed by atoms with van der Waals surface area (Å²) in [6, 6.07) is 14.6. The van der Waals surface area contributed by atoms with Gasteiger partial charge in [0.15, 0.2) is 0 Å². The zero-order valence-electron chi connectivity index (χ0n) is 14.7. The lowest BCUT2D eigenvalue weighted by atomic mass is 10.0. The van der Waals surface area contributed by atoms with Crippen LogP contribution in [0.4, 0.5) is 11.5 Å². The van der Waals surface area contributed by atoms with Gasteiger partial charge in [-0.15, -0.1) is 0 Å². The van der Waals surface area contributed by atoms with Crippen LogP contribution in [-0.4, -0.2) is 32.4 Å². The van der Waals surface area contributed by atoms with Crippen LogP contribution in [-0.2, 0) is 0 Å². The molecule has 1 fully saturated rings. The molecular formula is C21H20N4O2. The van der Waals surface area contributed by atoms with Gasteiger partial charge in [-0.3, -0.25) is 9.78 Å². The predicted molar refractivity (Wildman–Crippen MR) is 103 cm³/mol. The number of nitrogens with one attached hydrogen (secondary N) is 1. The van der Waals surface area contributed by atoms with Crippen LogP contribution in [0.25, 0.3) is 0 Å². The maximum absolute atomic E-state index is 13.1. The van der Waals surface area contributed by atoms with Gasteiger partial charge < -0.3 is 15.3 Å². The number of aromatic hydroxyl groups is 1. The van der Waals surface area contributed by atoms with E-state index >= 15 is 0 Å². The van der Waals surface area contributed by atoms with Crippen molar-refractivity contribution in [2.45, 2.75) is 18.9 Å². The highest BCUT2D eigenvalue weighted by Gasteiger charge is 2.30. The Kier molecular flexibility index (Phi) is 4.70. The van der Waals surface area contributed by atoms with Crippen molar-refractivity contribution >= 4 is 17.4 Å². The number of hydrogen-bond donors (Lipinski definition) is 2. The smallest absolute Gasteiger partial charge is 0.254 e. The minimum Gasteiger partial charge on any atom is -0.508 e. The predicted octanol–water partition coefficient (Wildman–Crippen LogP) is 3.90. The number of rotatable bonds is 4. The zero-order chi connectivity index (χ0) is 18.6. The first kappa shape index (κ1) is 17.0. The zero-order valence-corrected chi connectivity index (χ0v) is 14.7. The van der Waals surface area contributed by atoms with Crippen molar-refractivity contribution in [3.8, 4) is 5.75 Å². The van der Waals surface area contributed by atoms with Gasteiger partial charge in [0.25, 0.3) is 5.91 Å². The summed E-state index contributed by atoms with van der Waals surface area (Å²) in [5.74, 6) is 0.871. The molecule has 1 unspecified atom stereocenters. The lowest BCUT2D eigenvalue weighted by Gasteiger charge is -2.25. The Bertz CT molecular complexity index is 928. The Morgan fingerprint density at radius 2 is 2.00 bits per heavy atom. The molecule has 1 aliphatic rings. The molecule has 27 heavy (non-hydrogen) atoms. The van der Waals surface area contributed by atoms with Crippen LogP contribution in [0.2, 0.25) is 0 Å². The molecule has 3 aromatic rings. The fraction of sp³-hybridized carbons (Fsp3) is 0.190. The summed E-state index contributed by atoms with van der Waals surface area (Å²) < 4.78 is 0. The van der Waals surface area contributed by atoms with E-state index in [2.05, 4.69) is 15.3 Å². The molecule has 2 N–H and O–H groups in total. The first-order valence-electron chi connectivity index (χ1n) is 8.94. The third-order valence-corrected chi connectivity index (χ3v) is 4.74. The third-order valence-electron chi connectivity index (χ3n) is 4.74. The van der Waals surface area contributed by atoms with Gasteiger partial charge in [-0.25, -0.2) is 4.98 Å². The number of carbonyl (C=O) groups is 1. The van der Waals surface area contributed by atoms with Crippen molar-refractivity contribution in [2.75, 3.05) is 11.9 Å². The number of likely N-dealkylation sites (tertiary alicyclic amines) is 1. The number of hydrogen-bond acceptors (Lipinski definition) is 5. The molecule has 6 nitrogen and oxygen atoms in total. The Balaban J connectivity index is 1.55. The van der Waals surface area contributed by atoms with Crippen molar-refractivity contribution in [3.05, 3.63) is 78.2 Å². The van der Waals surface area contributed by atoms with Gasteiger partial charge in [0, 0.05) is 30.2 Å². The molecule has 6 heteroatoms. The molecular weight excluding hydrogens is 340 g/mol. The number of aromatic nitrogens is 2. The molecule has 1 amide bonds. The molecule has 1 saturated heterocycles. The standard InChI is InChI=1S/C21H20N4O2/c26-18-8-6-15(7-9-18)19-5-2-12-25(19)21(27)16-3-1-4-17(13-16)24-20-14-22-10-11-23-20/h1,3-4,6-11,13-14,19,26H,2,5,12H2,(H,23,24). The van der Waals surface area contributed by atoms with Crippen LogP contribution in [0.5, 0.6) is 5.75 Å². The van der Waals surface area contributed by atoms with Gasteiger partial charge in [0.05, 0.1) is 12.2 Å². The molecule has 1 aromatic heterocycles. The van der Waals surface area contributed by atoms with Gasteiger partial charge in [-0.05, 0) is 48.7 Å². The van der Waals surface area contributed by atoms with E-state index in [9.17, 15) is 9.90 Å². The van der Waals surface area contributed by atoms with Gasteiger partial charge in [-0.1, -0.05) is 18.2 Å². The van der Waals surface area contributed by atoms with Gasteiger partial charge in [-0.2, -0.15) is 0 Å². The van der Waals surface area contributed by atoms with Crippen LogP contribution in [0.1, 0.15) is 34.8 Å². The molecule has 1 atom stereocenters. The van der Waals surface area contributed by atoms with Crippen molar-refractivity contribution in [1.82, 2.24) is 14.9 Å². The lowest BCUT2D eigenvalue weighted by Crippen LogP contribution is -2.30. The molecule has 0 aliphatic carbocycles. The SMILES string of the molecule is O=C(c1cccc(Nc2cnccn2)c1)N1CCCC1c1ccc(O)cc1. The average molecular weight is 360 g/mol. The summed E-state index contributed by atoms with van der Waals surface area (Å²) in [5.41, 5.74) is 2.48. The molecule has 4 rings (SSSR count).